The van der Waals surface area contributed by atoms with E-state index in [4.69, 9.17) is 0 Å². The van der Waals surface area contributed by atoms with Gasteiger partial charge in [0.1, 0.15) is 5.78 Å². The van der Waals surface area contributed by atoms with E-state index in [9.17, 15) is 4.79 Å². The molecule has 0 saturated heterocycles. The molecule has 1 aromatic rings. The van der Waals surface area contributed by atoms with Gasteiger partial charge in [-0.2, -0.15) is 0 Å². The Balaban J connectivity index is 2.04. The number of nitrogens with zero attached hydrogens (tertiary/aromatic N) is 1. The first-order valence-corrected chi connectivity index (χ1v) is 4.71. The number of carbonyl (C=O) groups excluding carboxylic acids is 1. The van der Waals surface area contributed by atoms with Crippen LogP contribution in [-0.4, -0.2) is 10.8 Å². The van der Waals surface area contributed by atoms with E-state index < -0.39 is 0 Å². The van der Waals surface area contributed by atoms with Gasteiger partial charge < -0.3 is 0 Å². The maximum atomic E-state index is 11.4. The molecule has 13 heavy (non-hydrogen) atoms. The summed E-state index contributed by atoms with van der Waals surface area (Å²) in [5, 5.41) is 0. The second-order valence-electron chi connectivity index (χ2n) is 3.69. The molecule has 2 rings (SSSR count). The predicted octanol–water partition coefficient (Wildman–Crippen LogP) is 1.91. The summed E-state index contributed by atoms with van der Waals surface area (Å²) in [5.74, 6) is 0.709. The van der Waals surface area contributed by atoms with E-state index in [1.807, 2.05) is 25.1 Å². The van der Waals surface area contributed by atoms with E-state index in [0.717, 1.165) is 24.2 Å². The lowest BCUT2D eigenvalue weighted by atomic mass is 10.1. The van der Waals surface area contributed by atoms with Crippen molar-refractivity contribution in [3.8, 4) is 0 Å². The number of hydrogen-bond donors (Lipinski definition) is 0. The summed E-state index contributed by atoms with van der Waals surface area (Å²) in [6, 6.07) is 5.83. The van der Waals surface area contributed by atoms with Gasteiger partial charge in [0.05, 0.1) is 0 Å². The van der Waals surface area contributed by atoms with Gasteiger partial charge in [-0.15, -0.1) is 0 Å². The van der Waals surface area contributed by atoms with Crippen LogP contribution in [0.1, 0.15) is 24.2 Å². The number of aryl methyl sites for hydroxylation is 1. The van der Waals surface area contributed by atoms with Gasteiger partial charge in [0.25, 0.3) is 0 Å². The van der Waals surface area contributed by atoms with Crippen LogP contribution in [0, 0.1) is 12.8 Å². The lowest BCUT2D eigenvalue weighted by molar-refractivity contribution is -0.119. The van der Waals surface area contributed by atoms with Crippen LogP contribution in [0.25, 0.3) is 0 Å². The first-order valence-electron chi connectivity index (χ1n) is 4.71. The number of rotatable bonds is 3. The van der Waals surface area contributed by atoms with E-state index in [-0.39, 0.29) is 0 Å². The van der Waals surface area contributed by atoms with Gasteiger partial charge in [0.15, 0.2) is 0 Å². The Morgan fingerprint density at radius 1 is 1.54 bits per heavy atom. The lowest BCUT2D eigenvalue weighted by Gasteiger charge is -1.99. The van der Waals surface area contributed by atoms with Crippen LogP contribution in [0.3, 0.4) is 0 Å². The molecule has 1 heterocycles. The minimum atomic E-state index is 0.349. The predicted molar refractivity (Wildman–Crippen MR) is 50.4 cm³/mol. The van der Waals surface area contributed by atoms with Gasteiger partial charge in [0, 0.05) is 23.7 Å². The quantitative estimate of drug-likeness (QED) is 0.702. The summed E-state index contributed by atoms with van der Waals surface area (Å²) in [5.41, 5.74) is 1.90. The second kappa shape index (κ2) is 3.29. The minimum Gasteiger partial charge on any atom is -0.299 e. The fraction of sp³-hybridized carbons (Fsp3) is 0.455. The Hall–Kier alpha value is -1.18. The highest BCUT2D eigenvalue weighted by atomic mass is 16.1. The topological polar surface area (TPSA) is 30.0 Å². The molecule has 2 nitrogen and oxygen atoms in total. The molecule has 0 bridgehead atoms. The van der Waals surface area contributed by atoms with E-state index in [1.54, 1.807) is 0 Å². The van der Waals surface area contributed by atoms with E-state index in [1.165, 1.54) is 0 Å². The largest absolute Gasteiger partial charge is 0.299 e. The molecule has 1 aromatic heterocycles. The molecule has 0 aliphatic heterocycles. The third-order valence-corrected chi connectivity index (χ3v) is 2.33. The van der Waals surface area contributed by atoms with Gasteiger partial charge in [0.2, 0.25) is 0 Å². The number of carbonyl (C=O) groups is 1. The van der Waals surface area contributed by atoms with Crippen molar-refractivity contribution in [2.75, 3.05) is 0 Å². The maximum absolute atomic E-state index is 11.4. The summed E-state index contributed by atoms with van der Waals surface area (Å²) in [6.07, 6.45) is 2.70. The number of Topliss-reactive ketones (excluding diaryl/α,β-unsaturated/α-hetero) is 1. The molecule has 0 unspecified atom stereocenters. The highest BCUT2D eigenvalue weighted by molar-refractivity contribution is 5.84. The Morgan fingerprint density at radius 2 is 2.31 bits per heavy atom. The van der Waals surface area contributed by atoms with Gasteiger partial charge in [-0.05, 0) is 31.9 Å². The van der Waals surface area contributed by atoms with Crippen molar-refractivity contribution >= 4 is 5.78 Å². The second-order valence-corrected chi connectivity index (χ2v) is 3.69. The molecule has 0 radical (unpaired) electrons. The van der Waals surface area contributed by atoms with Gasteiger partial charge in [-0.3, -0.25) is 9.78 Å². The zero-order valence-corrected chi connectivity index (χ0v) is 7.79. The van der Waals surface area contributed by atoms with Crippen LogP contribution >= 0.6 is 0 Å². The fourth-order valence-corrected chi connectivity index (χ4v) is 1.43. The monoisotopic (exact) mass is 175 g/mol. The molecule has 2 heteroatoms. The lowest BCUT2D eigenvalue weighted by Crippen LogP contribution is -2.06. The molecule has 0 atom stereocenters. The summed E-state index contributed by atoms with van der Waals surface area (Å²) in [4.78, 5) is 15.7. The summed E-state index contributed by atoms with van der Waals surface area (Å²) in [6.45, 7) is 1.95. The Bertz CT molecular complexity index is 329. The molecule has 0 spiro atoms. The van der Waals surface area contributed by atoms with Crippen LogP contribution in [0.2, 0.25) is 0 Å². The Labute approximate surface area is 78.0 Å². The third-order valence-electron chi connectivity index (χ3n) is 2.33. The van der Waals surface area contributed by atoms with Crippen molar-refractivity contribution in [3.05, 3.63) is 29.6 Å². The molecule has 1 fully saturated rings. The number of hydrogen-bond acceptors (Lipinski definition) is 2. The number of aromatic nitrogens is 1. The summed E-state index contributed by atoms with van der Waals surface area (Å²) < 4.78 is 0. The first-order chi connectivity index (χ1) is 6.25. The molecule has 68 valence electrons. The van der Waals surface area contributed by atoms with Crippen molar-refractivity contribution in [2.24, 2.45) is 5.92 Å². The normalized spacial score (nSPS) is 15.8. The molecule has 1 aliphatic rings. The maximum Gasteiger partial charge on any atom is 0.141 e. The Morgan fingerprint density at radius 3 is 2.92 bits per heavy atom. The highest BCUT2D eigenvalue weighted by Gasteiger charge is 2.29. The van der Waals surface area contributed by atoms with Crippen LogP contribution in [0.4, 0.5) is 0 Å². The molecule has 0 N–H and O–H groups in total. The van der Waals surface area contributed by atoms with Crippen molar-refractivity contribution in [3.63, 3.8) is 0 Å². The SMILES string of the molecule is Cc1cccc(CC(=O)C2CC2)n1. The first kappa shape index (κ1) is 8.42. The Kier molecular flexibility index (Phi) is 2.13. The molecule has 1 saturated carbocycles. The molecule has 0 amide bonds. The van der Waals surface area contributed by atoms with E-state index in [2.05, 4.69) is 4.98 Å². The van der Waals surface area contributed by atoms with Crippen LogP contribution < -0.4 is 0 Å². The highest BCUT2D eigenvalue weighted by Crippen LogP contribution is 2.30. The van der Waals surface area contributed by atoms with Crippen molar-refractivity contribution < 1.29 is 4.79 Å². The fourth-order valence-electron chi connectivity index (χ4n) is 1.43. The number of pyridine rings is 1. The van der Waals surface area contributed by atoms with Crippen LogP contribution in [-0.2, 0) is 11.2 Å². The summed E-state index contributed by atoms with van der Waals surface area (Å²) in [7, 11) is 0. The van der Waals surface area contributed by atoms with Crippen molar-refractivity contribution in [1.29, 1.82) is 0 Å². The number of ketones is 1. The van der Waals surface area contributed by atoms with Gasteiger partial charge in [-0.25, -0.2) is 0 Å². The van der Waals surface area contributed by atoms with Crippen LogP contribution in [0.15, 0.2) is 18.2 Å². The van der Waals surface area contributed by atoms with Crippen molar-refractivity contribution in [2.45, 2.75) is 26.2 Å². The average molecular weight is 175 g/mol. The van der Waals surface area contributed by atoms with E-state index in [0.29, 0.717) is 18.1 Å². The molecule has 1 aliphatic carbocycles. The van der Waals surface area contributed by atoms with Gasteiger partial charge in [-0.1, -0.05) is 6.07 Å². The molecular formula is C11H13NO. The van der Waals surface area contributed by atoms with E-state index >= 15 is 0 Å². The smallest absolute Gasteiger partial charge is 0.141 e. The molecule has 0 aromatic carbocycles. The standard InChI is InChI=1S/C11H13NO/c1-8-3-2-4-10(12-8)7-11(13)9-5-6-9/h2-4,9H,5-7H2,1H3. The van der Waals surface area contributed by atoms with Gasteiger partial charge >= 0.3 is 0 Å². The third kappa shape index (κ3) is 2.14. The minimum absolute atomic E-state index is 0.349. The summed E-state index contributed by atoms with van der Waals surface area (Å²) >= 11 is 0. The van der Waals surface area contributed by atoms with Crippen LogP contribution in [0.5, 0.6) is 0 Å². The van der Waals surface area contributed by atoms with Crippen molar-refractivity contribution in [1.82, 2.24) is 4.98 Å². The molecular weight excluding hydrogens is 162 g/mol. The zero-order chi connectivity index (χ0) is 9.26. The zero-order valence-electron chi connectivity index (χ0n) is 7.79. The average Bonchev–Trinajstić information content (AvgIpc) is 2.85.